The molecule has 1 amide bonds. The Morgan fingerprint density at radius 1 is 1.39 bits per heavy atom. The zero-order valence-electron chi connectivity index (χ0n) is 14.0. The van der Waals surface area contributed by atoms with Crippen LogP contribution < -0.4 is 11.1 Å². The van der Waals surface area contributed by atoms with Crippen LogP contribution in [-0.4, -0.2) is 43.5 Å². The zero-order chi connectivity index (χ0) is 17.0. The monoisotopic (exact) mass is 339 g/mol. The van der Waals surface area contributed by atoms with E-state index in [1.807, 2.05) is 0 Å². The molecule has 1 fully saturated rings. The molecule has 6 nitrogen and oxygen atoms in total. The quantitative estimate of drug-likeness (QED) is 0.803. The molecule has 0 unspecified atom stereocenters. The van der Waals surface area contributed by atoms with Crippen LogP contribution >= 0.6 is 11.3 Å². The van der Waals surface area contributed by atoms with Crippen LogP contribution in [-0.2, 0) is 11.3 Å². The van der Waals surface area contributed by atoms with Crippen LogP contribution in [0.3, 0.4) is 0 Å². The van der Waals surface area contributed by atoms with Gasteiger partial charge in [-0.15, -0.1) is 11.3 Å². The highest BCUT2D eigenvalue weighted by molar-refractivity contribution is 7.18. The van der Waals surface area contributed by atoms with Gasteiger partial charge < -0.3 is 15.8 Å². The molecule has 1 saturated heterocycles. The second kappa shape index (κ2) is 7.79. The van der Waals surface area contributed by atoms with Gasteiger partial charge in [-0.3, -0.25) is 9.69 Å². The highest BCUT2D eigenvalue weighted by Crippen LogP contribution is 2.33. The first-order valence-electron chi connectivity index (χ1n) is 8.00. The molecular formula is C16H25N3O3S. The summed E-state index contributed by atoms with van der Waals surface area (Å²) >= 11 is 1.16. The third kappa shape index (κ3) is 4.03. The lowest BCUT2D eigenvalue weighted by Gasteiger charge is -2.30. The maximum atomic E-state index is 12.3. The summed E-state index contributed by atoms with van der Waals surface area (Å²) < 4.78 is 5.12. The molecule has 0 aromatic carbocycles. The number of anilines is 1. The molecule has 0 saturated carbocycles. The number of nitrogens with one attached hydrogen (secondary N) is 1. The number of hydrogen-bond donors (Lipinski definition) is 2. The molecule has 0 atom stereocenters. The van der Waals surface area contributed by atoms with E-state index in [1.54, 1.807) is 14.0 Å². The fraction of sp³-hybridized carbons (Fsp3) is 0.625. The molecule has 7 heteroatoms. The molecule has 2 rings (SSSR count). The van der Waals surface area contributed by atoms with Crippen molar-refractivity contribution in [1.29, 1.82) is 0 Å². The summed E-state index contributed by atoms with van der Waals surface area (Å²) in [5.41, 5.74) is 7.06. The molecule has 1 aliphatic heterocycles. The molecule has 0 bridgehead atoms. The van der Waals surface area contributed by atoms with Gasteiger partial charge in [0.05, 0.1) is 17.0 Å². The van der Waals surface area contributed by atoms with Gasteiger partial charge >= 0.3 is 5.97 Å². The maximum absolute atomic E-state index is 12.3. The van der Waals surface area contributed by atoms with Crippen LogP contribution in [0.2, 0.25) is 0 Å². The summed E-state index contributed by atoms with van der Waals surface area (Å²) in [4.78, 5) is 27.2. The van der Waals surface area contributed by atoms with Gasteiger partial charge in [-0.25, -0.2) is 4.79 Å². The second-order valence-electron chi connectivity index (χ2n) is 5.91. The molecule has 128 valence electrons. The van der Waals surface area contributed by atoms with Crippen molar-refractivity contribution < 1.29 is 14.3 Å². The number of nitrogen functional groups attached to an aromatic ring is 1. The highest BCUT2D eigenvalue weighted by Gasteiger charge is 2.28. The van der Waals surface area contributed by atoms with Gasteiger partial charge in [-0.05, 0) is 38.8 Å². The van der Waals surface area contributed by atoms with E-state index in [9.17, 15) is 9.59 Å². The van der Waals surface area contributed by atoms with Crippen molar-refractivity contribution in [2.24, 2.45) is 5.92 Å². The van der Waals surface area contributed by atoms with E-state index >= 15 is 0 Å². The Morgan fingerprint density at radius 3 is 2.61 bits per heavy atom. The van der Waals surface area contributed by atoms with Crippen molar-refractivity contribution in [3.63, 3.8) is 0 Å². The van der Waals surface area contributed by atoms with Crippen molar-refractivity contribution in [3.8, 4) is 0 Å². The van der Waals surface area contributed by atoms with Crippen molar-refractivity contribution in [3.05, 3.63) is 16.0 Å². The van der Waals surface area contributed by atoms with E-state index in [-0.39, 0.29) is 12.5 Å². The van der Waals surface area contributed by atoms with Crippen molar-refractivity contribution >= 4 is 28.2 Å². The Morgan fingerprint density at radius 2 is 2.04 bits per heavy atom. The van der Waals surface area contributed by atoms with Gasteiger partial charge in [-0.2, -0.15) is 0 Å². The molecule has 0 spiro atoms. The molecule has 3 N–H and O–H groups in total. The average Bonchev–Trinajstić information content (AvgIpc) is 2.85. The topological polar surface area (TPSA) is 84.7 Å². The fourth-order valence-electron chi connectivity index (χ4n) is 2.80. The third-order valence-electron chi connectivity index (χ3n) is 4.21. The first kappa shape index (κ1) is 17.7. The lowest BCUT2D eigenvalue weighted by Crippen LogP contribution is -2.33. The summed E-state index contributed by atoms with van der Waals surface area (Å²) in [6.45, 7) is 6.77. The Balaban J connectivity index is 2.32. The largest absolute Gasteiger partial charge is 0.462 e. The van der Waals surface area contributed by atoms with Gasteiger partial charge in [0.2, 0.25) is 0 Å². The zero-order valence-corrected chi connectivity index (χ0v) is 14.8. The summed E-state index contributed by atoms with van der Waals surface area (Å²) in [5.74, 6) is 0.0659. The molecule has 1 aromatic rings. The standard InChI is InChI=1S/C16H25N3O3S/c1-4-22-16(21)12-11(9-19-7-5-10(2)6-8-19)13(15(20)18-3)23-14(12)17/h10H,4-9,17H2,1-3H3,(H,18,20). The number of carbonyl (C=O) groups excluding carboxylic acids is 2. The van der Waals surface area contributed by atoms with Crippen molar-refractivity contribution in [2.45, 2.75) is 33.2 Å². The third-order valence-corrected chi connectivity index (χ3v) is 5.27. The summed E-state index contributed by atoms with van der Waals surface area (Å²) in [6.07, 6.45) is 2.26. The van der Waals surface area contributed by atoms with Crippen LogP contribution in [0, 0.1) is 5.92 Å². The number of piperidine rings is 1. The SMILES string of the molecule is CCOC(=O)c1c(N)sc(C(=O)NC)c1CN1CCC(C)CC1. The van der Waals surface area contributed by atoms with E-state index in [4.69, 9.17) is 10.5 Å². The number of nitrogens with two attached hydrogens (primary N) is 1. The Bertz CT molecular complexity index is 577. The van der Waals surface area contributed by atoms with Gasteiger partial charge in [0, 0.05) is 19.2 Å². The molecule has 0 aliphatic carbocycles. The number of nitrogens with zero attached hydrogens (tertiary/aromatic N) is 1. The smallest absolute Gasteiger partial charge is 0.341 e. The number of ether oxygens (including phenoxy) is 1. The number of hydrogen-bond acceptors (Lipinski definition) is 6. The molecule has 1 aliphatic rings. The predicted octanol–water partition coefficient (Wildman–Crippen LogP) is 2.10. The maximum Gasteiger partial charge on any atom is 0.341 e. The van der Waals surface area contributed by atoms with Crippen LogP contribution in [0.4, 0.5) is 5.00 Å². The summed E-state index contributed by atoms with van der Waals surface area (Å²) in [7, 11) is 1.58. The van der Waals surface area contributed by atoms with Crippen LogP contribution in [0.15, 0.2) is 0 Å². The minimum Gasteiger partial charge on any atom is -0.462 e. The first-order valence-corrected chi connectivity index (χ1v) is 8.82. The highest BCUT2D eigenvalue weighted by atomic mass is 32.1. The number of thiophene rings is 1. The number of likely N-dealkylation sites (tertiary alicyclic amines) is 1. The summed E-state index contributed by atoms with van der Waals surface area (Å²) in [6, 6.07) is 0. The average molecular weight is 339 g/mol. The van der Waals surface area contributed by atoms with Gasteiger partial charge in [0.25, 0.3) is 5.91 Å². The van der Waals surface area contributed by atoms with Gasteiger partial charge in [-0.1, -0.05) is 6.92 Å². The molecule has 1 aromatic heterocycles. The predicted molar refractivity (Wildman–Crippen MR) is 91.8 cm³/mol. The van der Waals surface area contributed by atoms with Crippen molar-refractivity contribution in [1.82, 2.24) is 10.2 Å². The second-order valence-corrected chi connectivity index (χ2v) is 6.96. The van der Waals surface area contributed by atoms with E-state index in [2.05, 4.69) is 17.1 Å². The lowest BCUT2D eigenvalue weighted by atomic mass is 9.98. The van der Waals surface area contributed by atoms with Crippen LogP contribution in [0.25, 0.3) is 0 Å². The summed E-state index contributed by atoms with van der Waals surface area (Å²) in [5, 5.41) is 2.97. The molecular weight excluding hydrogens is 314 g/mol. The van der Waals surface area contributed by atoms with E-state index in [1.165, 1.54) is 0 Å². The number of esters is 1. The minimum absolute atomic E-state index is 0.211. The Hall–Kier alpha value is -1.60. The number of rotatable bonds is 5. The van der Waals surface area contributed by atoms with Crippen LogP contribution in [0.1, 0.15) is 52.3 Å². The minimum atomic E-state index is -0.447. The van der Waals surface area contributed by atoms with Gasteiger partial charge in [0.1, 0.15) is 5.00 Å². The van der Waals surface area contributed by atoms with Crippen molar-refractivity contribution in [2.75, 3.05) is 32.5 Å². The Kier molecular flexibility index (Phi) is 6.01. The lowest BCUT2D eigenvalue weighted by molar-refractivity contribution is 0.0525. The van der Waals surface area contributed by atoms with E-state index < -0.39 is 5.97 Å². The molecule has 0 radical (unpaired) electrons. The fourth-order valence-corrected chi connectivity index (χ4v) is 3.82. The Labute approximate surface area is 141 Å². The van der Waals surface area contributed by atoms with Gasteiger partial charge in [0.15, 0.2) is 0 Å². The number of carbonyl (C=O) groups is 2. The molecule has 23 heavy (non-hydrogen) atoms. The van der Waals surface area contributed by atoms with E-state index in [0.717, 1.165) is 43.2 Å². The van der Waals surface area contributed by atoms with E-state index in [0.29, 0.717) is 27.5 Å². The normalized spacial score (nSPS) is 16.3. The first-order chi connectivity index (χ1) is 11.0. The number of amides is 1. The molecule has 2 heterocycles. The van der Waals surface area contributed by atoms with Crippen LogP contribution in [0.5, 0.6) is 0 Å².